The Morgan fingerprint density at radius 3 is 2.71 bits per heavy atom. The molecule has 2 N–H and O–H groups in total. The molecule has 2 heteroatoms. The minimum Gasteiger partial charge on any atom is -0.402 e. The van der Waals surface area contributed by atoms with Gasteiger partial charge in [-0.15, -0.1) is 0 Å². The van der Waals surface area contributed by atoms with Gasteiger partial charge in [0.25, 0.3) is 0 Å². The van der Waals surface area contributed by atoms with Crippen LogP contribution in [0, 0.1) is 0 Å². The molecule has 2 aliphatic carbocycles. The Balaban J connectivity index is 1.87. The average molecular weight is 189 g/mol. The summed E-state index contributed by atoms with van der Waals surface area (Å²) < 4.78 is 5.86. The molecule has 0 radical (unpaired) electrons. The molecule has 0 spiro atoms. The number of rotatable bonds is 2. The van der Waals surface area contributed by atoms with E-state index in [1.165, 1.54) is 0 Å². The van der Waals surface area contributed by atoms with Crippen molar-refractivity contribution in [2.45, 2.75) is 25.0 Å². The first-order valence-corrected chi connectivity index (χ1v) is 4.96. The second-order valence-electron chi connectivity index (χ2n) is 3.59. The Bertz CT molecular complexity index is 312. The monoisotopic (exact) mass is 189 g/mol. The van der Waals surface area contributed by atoms with Crippen molar-refractivity contribution in [1.82, 2.24) is 0 Å². The lowest BCUT2D eigenvalue weighted by Gasteiger charge is -2.22. The first kappa shape index (κ1) is 9.28. The molecule has 0 fully saturated rings. The summed E-state index contributed by atoms with van der Waals surface area (Å²) in [5.74, 6) is 0. The second kappa shape index (κ2) is 4.29. The van der Waals surface area contributed by atoms with Crippen LogP contribution in [0.3, 0.4) is 0 Å². The second-order valence-corrected chi connectivity index (χ2v) is 3.59. The Labute approximate surface area is 84.4 Å². The van der Waals surface area contributed by atoms with Gasteiger partial charge in [0, 0.05) is 12.1 Å². The van der Waals surface area contributed by atoms with Gasteiger partial charge in [-0.1, -0.05) is 36.5 Å². The molecule has 2 atom stereocenters. The van der Waals surface area contributed by atoms with Crippen molar-refractivity contribution in [2.24, 2.45) is 5.73 Å². The highest BCUT2D eigenvalue weighted by Gasteiger charge is 2.14. The molecule has 0 aromatic rings. The molecule has 0 saturated carbocycles. The molecule has 0 aromatic carbocycles. The normalized spacial score (nSPS) is 30.4. The van der Waals surface area contributed by atoms with Crippen LogP contribution in [0.15, 0.2) is 48.2 Å². The van der Waals surface area contributed by atoms with Crippen molar-refractivity contribution in [2.75, 3.05) is 0 Å². The number of hydrogen-bond donors (Lipinski definition) is 1. The summed E-state index contributed by atoms with van der Waals surface area (Å²) in [6.45, 7) is 0. The molecule has 0 amide bonds. The topological polar surface area (TPSA) is 35.2 Å². The third-order valence-corrected chi connectivity index (χ3v) is 2.36. The lowest BCUT2D eigenvalue weighted by molar-refractivity contribution is 0.0421. The van der Waals surface area contributed by atoms with E-state index < -0.39 is 0 Å². The van der Waals surface area contributed by atoms with Crippen LogP contribution >= 0.6 is 0 Å². The fourth-order valence-electron chi connectivity index (χ4n) is 1.65. The Kier molecular flexibility index (Phi) is 2.84. The van der Waals surface area contributed by atoms with Gasteiger partial charge in [-0.3, -0.25) is 0 Å². The molecular formula is C12H15NO. The predicted molar refractivity (Wildman–Crippen MR) is 57.6 cm³/mol. The highest BCUT2D eigenvalue weighted by atomic mass is 16.5. The van der Waals surface area contributed by atoms with Crippen LogP contribution in [0.2, 0.25) is 0 Å². The number of ether oxygens (including phenoxy) is 1. The van der Waals surface area contributed by atoms with Crippen molar-refractivity contribution in [1.29, 1.82) is 0 Å². The van der Waals surface area contributed by atoms with Gasteiger partial charge in [-0.05, 0) is 12.5 Å². The maximum atomic E-state index is 5.86. The summed E-state index contributed by atoms with van der Waals surface area (Å²) in [4.78, 5) is 0. The molecule has 74 valence electrons. The van der Waals surface area contributed by atoms with E-state index in [4.69, 9.17) is 10.5 Å². The summed E-state index contributed by atoms with van der Waals surface area (Å²) in [6, 6.07) is 0. The summed E-state index contributed by atoms with van der Waals surface area (Å²) >= 11 is 0. The van der Waals surface area contributed by atoms with Crippen LogP contribution in [0.25, 0.3) is 0 Å². The van der Waals surface area contributed by atoms with Crippen LogP contribution in [0.5, 0.6) is 0 Å². The van der Waals surface area contributed by atoms with E-state index in [0.29, 0.717) is 0 Å². The maximum Gasteiger partial charge on any atom is 0.0821 e. The van der Waals surface area contributed by atoms with Crippen LogP contribution in [-0.2, 0) is 4.74 Å². The van der Waals surface area contributed by atoms with Gasteiger partial charge in [-0.2, -0.15) is 0 Å². The molecule has 2 rings (SSSR count). The minimum atomic E-state index is 0.140. The van der Waals surface area contributed by atoms with Crippen molar-refractivity contribution in [3.8, 4) is 0 Å². The third-order valence-electron chi connectivity index (χ3n) is 2.36. The number of allylic oxidation sites excluding steroid dienone is 4. The zero-order valence-corrected chi connectivity index (χ0v) is 8.10. The van der Waals surface area contributed by atoms with Gasteiger partial charge >= 0.3 is 0 Å². The van der Waals surface area contributed by atoms with Crippen molar-refractivity contribution < 1.29 is 4.74 Å². The van der Waals surface area contributed by atoms with Crippen LogP contribution in [0.4, 0.5) is 0 Å². The zero-order chi connectivity index (χ0) is 9.80. The Hall–Kier alpha value is -1.28. The van der Waals surface area contributed by atoms with E-state index in [9.17, 15) is 0 Å². The lowest BCUT2D eigenvalue weighted by atomic mass is 10.1. The fraction of sp³-hybridized carbons (Fsp3) is 0.333. The van der Waals surface area contributed by atoms with E-state index in [1.807, 2.05) is 24.3 Å². The van der Waals surface area contributed by atoms with Crippen LogP contribution in [-0.4, -0.2) is 12.2 Å². The van der Waals surface area contributed by atoms with Gasteiger partial charge in [0.1, 0.15) is 0 Å². The van der Waals surface area contributed by atoms with E-state index >= 15 is 0 Å². The maximum absolute atomic E-state index is 5.86. The van der Waals surface area contributed by atoms with E-state index in [2.05, 4.69) is 18.2 Å². The molecule has 0 heterocycles. The molecule has 2 nitrogen and oxygen atoms in total. The first-order chi connectivity index (χ1) is 6.84. The average Bonchev–Trinajstić information content (AvgIpc) is 2.19. The Morgan fingerprint density at radius 1 is 1.14 bits per heavy atom. The summed E-state index contributed by atoms with van der Waals surface area (Å²) in [6.07, 6.45) is 16.4. The van der Waals surface area contributed by atoms with Crippen molar-refractivity contribution in [3.05, 3.63) is 48.2 Å². The van der Waals surface area contributed by atoms with Crippen molar-refractivity contribution in [3.63, 3.8) is 0 Å². The van der Waals surface area contributed by atoms with E-state index in [1.54, 1.807) is 0 Å². The smallest absolute Gasteiger partial charge is 0.0821 e. The molecule has 2 aliphatic rings. The van der Waals surface area contributed by atoms with Gasteiger partial charge in [0.05, 0.1) is 12.2 Å². The largest absolute Gasteiger partial charge is 0.402 e. The highest BCUT2D eigenvalue weighted by Crippen LogP contribution is 2.17. The fourth-order valence-corrected chi connectivity index (χ4v) is 1.65. The van der Waals surface area contributed by atoms with Crippen LogP contribution in [0.1, 0.15) is 12.8 Å². The lowest BCUT2D eigenvalue weighted by Crippen LogP contribution is -2.22. The van der Waals surface area contributed by atoms with Gasteiger partial charge < -0.3 is 10.5 Å². The minimum absolute atomic E-state index is 0.140. The molecule has 0 aliphatic heterocycles. The molecule has 14 heavy (non-hydrogen) atoms. The molecular weight excluding hydrogens is 174 g/mol. The van der Waals surface area contributed by atoms with Gasteiger partial charge in [0.2, 0.25) is 0 Å². The quantitative estimate of drug-likeness (QED) is 0.721. The molecule has 0 bridgehead atoms. The SMILES string of the molecule is NC1=CC=CC(OC2C=CC=CC2)C1. The molecule has 2 unspecified atom stereocenters. The standard InChI is InChI=1S/C12H15NO/c13-10-5-4-8-12(9-10)14-11-6-2-1-3-7-11/h1-6,8,11-12H,7,9,13H2. The summed E-state index contributed by atoms with van der Waals surface area (Å²) in [5.41, 5.74) is 6.62. The predicted octanol–water partition coefficient (Wildman–Crippen LogP) is 2.06. The van der Waals surface area contributed by atoms with Crippen molar-refractivity contribution >= 4 is 0 Å². The Morgan fingerprint density at radius 2 is 2.00 bits per heavy atom. The van der Waals surface area contributed by atoms with Crippen LogP contribution < -0.4 is 5.73 Å². The highest BCUT2D eigenvalue weighted by molar-refractivity contribution is 5.19. The van der Waals surface area contributed by atoms with Gasteiger partial charge in [0.15, 0.2) is 0 Å². The summed E-state index contributed by atoms with van der Waals surface area (Å²) in [7, 11) is 0. The zero-order valence-electron chi connectivity index (χ0n) is 8.10. The first-order valence-electron chi connectivity index (χ1n) is 4.96. The molecule has 0 saturated heterocycles. The number of nitrogens with two attached hydrogens (primary N) is 1. The molecule has 0 aromatic heterocycles. The third kappa shape index (κ3) is 2.36. The van der Waals surface area contributed by atoms with Gasteiger partial charge in [-0.25, -0.2) is 0 Å². The summed E-state index contributed by atoms with van der Waals surface area (Å²) in [5, 5.41) is 0. The number of hydrogen-bond acceptors (Lipinski definition) is 2. The van der Waals surface area contributed by atoms with E-state index in [-0.39, 0.29) is 12.2 Å². The van der Waals surface area contributed by atoms with E-state index in [0.717, 1.165) is 18.5 Å².